The van der Waals surface area contributed by atoms with Gasteiger partial charge in [0.25, 0.3) is 0 Å². The number of rotatable bonds is 0. The summed E-state index contributed by atoms with van der Waals surface area (Å²) in [4.78, 5) is 12.3. The SMILES string of the molecule is Clc1nc(Cl)c2cc3ccccc3nc2n1. The van der Waals surface area contributed by atoms with Crippen molar-refractivity contribution in [3.8, 4) is 0 Å². The van der Waals surface area contributed by atoms with Crippen LogP contribution in [0.25, 0.3) is 21.9 Å². The smallest absolute Gasteiger partial charge is 0.225 e. The molecule has 0 unspecified atom stereocenters. The molecule has 2 heterocycles. The maximum absolute atomic E-state index is 5.99. The topological polar surface area (TPSA) is 38.7 Å². The van der Waals surface area contributed by atoms with E-state index >= 15 is 0 Å². The van der Waals surface area contributed by atoms with Gasteiger partial charge in [0, 0.05) is 5.39 Å². The monoisotopic (exact) mass is 249 g/mol. The molecule has 0 amide bonds. The van der Waals surface area contributed by atoms with E-state index in [4.69, 9.17) is 23.2 Å². The largest absolute Gasteiger partial charge is 0.228 e. The zero-order valence-electron chi connectivity index (χ0n) is 7.98. The number of halogens is 2. The van der Waals surface area contributed by atoms with Crippen molar-refractivity contribution in [1.82, 2.24) is 15.0 Å². The third kappa shape index (κ3) is 1.49. The van der Waals surface area contributed by atoms with Gasteiger partial charge in [-0.3, -0.25) is 0 Å². The number of benzene rings is 1. The van der Waals surface area contributed by atoms with Crippen molar-refractivity contribution in [3.05, 3.63) is 40.8 Å². The molecule has 0 aliphatic carbocycles. The van der Waals surface area contributed by atoms with Crippen LogP contribution in [0.15, 0.2) is 30.3 Å². The minimum Gasteiger partial charge on any atom is -0.228 e. The lowest BCUT2D eigenvalue weighted by Gasteiger charge is -2.02. The highest BCUT2D eigenvalue weighted by molar-refractivity contribution is 6.35. The molecule has 0 aliphatic rings. The lowest BCUT2D eigenvalue weighted by atomic mass is 10.2. The molecular formula is C11H5Cl2N3. The van der Waals surface area contributed by atoms with E-state index < -0.39 is 0 Å². The van der Waals surface area contributed by atoms with Gasteiger partial charge >= 0.3 is 0 Å². The van der Waals surface area contributed by atoms with Crippen molar-refractivity contribution in [2.24, 2.45) is 0 Å². The van der Waals surface area contributed by atoms with Crippen molar-refractivity contribution >= 4 is 45.1 Å². The Morgan fingerprint density at radius 2 is 1.75 bits per heavy atom. The number of hydrogen-bond donors (Lipinski definition) is 0. The van der Waals surface area contributed by atoms with Crippen molar-refractivity contribution in [1.29, 1.82) is 0 Å². The Morgan fingerprint density at radius 3 is 2.62 bits per heavy atom. The highest BCUT2D eigenvalue weighted by atomic mass is 35.5. The Hall–Kier alpha value is -1.45. The van der Waals surface area contributed by atoms with E-state index in [1.165, 1.54) is 0 Å². The highest BCUT2D eigenvalue weighted by Crippen LogP contribution is 2.24. The van der Waals surface area contributed by atoms with Crippen LogP contribution in [-0.2, 0) is 0 Å². The van der Waals surface area contributed by atoms with E-state index in [1.807, 2.05) is 30.3 Å². The summed E-state index contributed by atoms with van der Waals surface area (Å²) in [6.07, 6.45) is 0. The summed E-state index contributed by atoms with van der Waals surface area (Å²) < 4.78 is 0. The van der Waals surface area contributed by atoms with E-state index in [-0.39, 0.29) is 5.28 Å². The zero-order valence-corrected chi connectivity index (χ0v) is 9.50. The molecule has 2 aromatic heterocycles. The van der Waals surface area contributed by atoms with Crippen LogP contribution in [0, 0.1) is 0 Å². The maximum Gasteiger partial charge on any atom is 0.225 e. The molecule has 16 heavy (non-hydrogen) atoms. The molecule has 5 heteroatoms. The molecule has 0 saturated heterocycles. The number of hydrogen-bond acceptors (Lipinski definition) is 3. The van der Waals surface area contributed by atoms with Gasteiger partial charge in [-0.2, -0.15) is 4.98 Å². The highest BCUT2D eigenvalue weighted by Gasteiger charge is 2.07. The van der Waals surface area contributed by atoms with Crippen LogP contribution in [0.2, 0.25) is 10.4 Å². The molecule has 0 aliphatic heterocycles. The van der Waals surface area contributed by atoms with E-state index in [9.17, 15) is 0 Å². The Morgan fingerprint density at radius 1 is 0.938 bits per heavy atom. The molecule has 0 N–H and O–H groups in total. The first kappa shape index (κ1) is 9.75. The number of pyridine rings is 1. The van der Waals surface area contributed by atoms with E-state index in [0.29, 0.717) is 16.2 Å². The van der Waals surface area contributed by atoms with Crippen molar-refractivity contribution < 1.29 is 0 Å². The average Bonchev–Trinajstić information content (AvgIpc) is 2.27. The van der Waals surface area contributed by atoms with Crippen molar-refractivity contribution in [2.45, 2.75) is 0 Å². The number of nitrogens with zero attached hydrogens (tertiary/aromatic N) is 3. The summed E-state index contributed by atoms with van der Waals surface area (Å²) in [6, 6.07) is 9.66. The lowest BCUT2D eigenvalue weighted by Crippen LogP contribution is -1.90. The molecule has 0 atom stereocenters. The third-order valence-electron chi connectivity index (χ3n) is 2.31. The van der Waals surface area contributed by atoms with Gasteiger partial charge in [-0.25, -0.2) is 9.97 Å². The number of para-hydroxylation sites is 1. The summed E-state index contributed by atoms with van der Waals surface area (Å²) in [6.45, 7) is 0. The quantitative estimate of drug-likeness (QED) is 0.348. The standard InChI is InChI=1S/C11H5Cl2N3/c12-9-7-5-6-3-1-2-4-8(6)14-10(7)16-11(13)15-9/h1-5H. The molecule has 3 nitrogen and oxygen atoms in total. The summed E-state index contributed by atoms with van der Waals surface area (Å²) in [5.41, 5.74) is 1.38. The fourth-order valence-corrected chi connectivity index (χ4v) is 2.02. The average molecular weight is 250 g/mol. The fraction of sp³-hybridized carbons (Fsp3) is 0. The lowest BCUT2D eigenvalue weighted by molar-refractivity contribution is 1.19. The number of fused-ring (bicyclic) bond motifs is 2. The van der Waals surface area contributed by atoms with Crippen molar-refractivity contribution in [3.63, 3.8) is 0 Å². The van der Waals surface area contributed by atoms with Gasteiger partial charge in [-0.1, -0.05) is 29.8 Å². The Kier molecular flexibility index (Phi) is 2.16. The van der Waals surface area contributed by atoms with Gasteiger partial charge in [-0.15, -0.1) is 0 Å². The molecule has 0 radical (unpaired) electrons. The third-order valence-corrected chi connectivity index (χ3v) is 2.77. The fourth-order valence-electron chi connectivity index (χ4n) is 1.60. The molecule has 1 aromatic carbocycles. The Bertz CT molecular complexity index is 697. The van der Waals surface area contributed by atoms with Gasteiger partial charge < -0.3 is 0 Å². The maximum atomic E-state index is 5.99. The van der Waals surface area contributed by atoms with Crippen LogP contribution in [0.4, 0.5) is 0 Å². The van der Waals surface area contributed by atoms with E-state index in [2.05, 4.69) is 15.0 Å². The molecule has 0 bridgehead atoms. The van der Waals surface area contributed by atoms with E-state index in [0.717, 1.165) is 10.9 Å². The Labute approximate surface area is 101 Å². The second kappa shape index (κ2) is 3.54. The van der Waals surface area contributed by atoms with Gasteiger partial charge in [0.05, 0.1) is 10.9 Å². The predicted octanol–water partition coefficient (Wildman–Crippen LogP) is 3.48. The molecule has 0 spiro atoms. The summed E-state index contributed by atoms with van der Waals surface area (Å²) in [5.74, 6) is 0. The van der Waals surface area contributed by atoms with Gasteiger partial charge in [-0.05, 0) is 23.7 Å². The van der Waals surface area contributed by atoms with Crippen LogP contribution < -0.4 is 0 Å². The molecular weight excluding hydrogens is 245 g/mol. The minimum atomic E-state index is 0.111. The van der Waals surface area contributed by atoms with Gasteiger partial charge in [0.15, 0.2) is 5.65 Å². The first-order valence-corrected chi connectivity index (χ1v) is 5.38. The molecule has 3 rings (SSSR count). The van der Waals surface area contributed by atoms with Gasteiger partial charge in [0.1, 0.15) is 5.15 Å². The van der Waals surface area contributed by atoms with Crippen LogP contribution in [-0.4, -0.2) is 15.0 Å². The minimum absolute atomic E-state index is 0.111. The number of aromatic nitrogens is 3. The van der Waals surface area contributed by atoms with Crippen LogP contribution in [0.3, 0.4) is 0 Å². The first-order valence-electron chi connectivity index (χ1n) is 4.62. The second-order valence-corrected chi connectivity index (χ2v) is 4.03. The molecule has 0 saturated carbocycles. The zero-order chi connectivity index (χ0) is 11.1. The molecule has 0 fully saturated rings. The first-order chi connectivity index (χ1) is 7.74. The predicted molar refractivity (Wildman–Crippen MR) is 64.9 cm³/mol. The molecule has 3 aromatic rings. The van der Waals surface area contributed by atoms with E-state index in [1.54, 1.807) is 0 Å². The van der Waals surface area contributed by atoms with Crippen molar-refractivity contribution in [2.75, 3.05) is 0 Å². The second-order valence-electron chi connectivity index (χ2n) is 3.34. The Balaban J connectivity index is 2.51. The molecule has 78 valence electrons. The summed E-state index contributed by atoms with van der Waals surface area (Å²) in [7, 11) is 0. The normalized spacial score (nSPS) is 11.1. The van der Waals surface area contributed by atoms with Crippen LogP contribution in [0.5, 0.6) is 0 Å². The van der Waals surface area contributed by atoms with Crippen LogP contribution >= 0.6 is 23.2 Å². The van der Waals surface area contributed by atoms with Crippen LogP contribution in [0.1, 0.15) is 0 Å². The summed E-state index contributed by atoms with van der Waals surface area (Å²) in [5, 5.41) is 2.15. The van der Waals surface area contributed by atoms with Gasteiger partial charge in [0.2, 0.25) is 5.28 Å². The summed E-state index contributed by atoms with van der Waals surface area (Å²) >= 11 is 11.7.